The van der Waals surface area contributed by atoms with Crippen LogP contribution in [0.4, 0.5) is 4.39 Å². The molecule has 1 aliphatic carbocycles. The molecule has 1 aromatic rings. The number of benzene rings is 1. The minimum absolute atomic E-state index is 0.0244. The zero-order valence-electron chi connectivity index (χ0n) is 10.4. The monoisotopic (exact) mass is 235 g/mol. The van der Waals surface area contributed by atoms with E-state index < -0.39 is 0 Å². The van der Waals surface area contributed by atoms with E-state index in [-0.39, 0.29) is 11.6 Å². The van der Waals surface area contributed by atoms with Gasteiger partial charge in [0, 0.05) is 24.6 Å². The van der Waals surface area contributed by atoms with Crippen molar-refractivity contribution in [3.05, 3.63) is 35.1 Å². The summed E-state index contributed by atoms with van der Waals surface area (Å²) < 4.78 is 13.3. The van der Waals surface area contributed by atoms with Gasteiger partial charge in [-0.05, 0) is 38.4 Å². The Kier molecular flexibility index (Phi) is 3.57. The zero-order chi connectivity index (χ0) is 12.4. The zero-order valence-corrected chi connectivity index (χ0v) is 10.4. The maximum Gasteiger partial charge on any atom is 0.164 e. The molecule has 0 spiro atoms. The second-order valence-electron chi connectivity index (χ2n) is 4.85. The first-order valence-corrected chi connectivity index (χ1v) is 6.07. The quantitative estimate of drug-likeness (QED) is 0.731. The number of halogens is 1. The highest BCUT2D eigenvalue weighted by Crippen LogP contribution is 2.25. The molecular weight excluding hydrogens is 217 g/mol. The van der Waals surface area contributed by atoms with Crippen LogP contribution in [-0.2, 0) is 0 Å². The fourth-order valence-electron chi connectivity index (χ4n) is 1.89. The summed E-state index contributed by atoms with van der Waals surface area (Å²) in [5.41, 5.74) is 1.06. The Hall–Kier alpha value is -1.22. The molecule has 1 saturated carbocycles. The number of Topliss-reactive ketones (excluding diaryl/α,β-unsaturated/α-hetero) is 1. The van der Waals surface area contributed by atoms with Gasteiger partial charge in [0.25, 0.3) is 0 Å². The highest BCUT2D eigenvalue weighted by molar-refractivity contribution is 5.96. The van der Waals surface area contributed by atoms with Gasteiger partial charge in [-0.2, -0.15) is 0 Å². The van der Waals surface area contributed by atoms with Gasteiger partial charge in [-0.15, -0.1) is 0 Å². The number of nitrogens with zero attached hydrogens (tertiary/aromatic N) is 1. The summed E-state index contributed by atoms with van der Waals surface area (Å²) in [5.74, 6) is -0.275. The first-order valence-electron chi connectivity index (χ1n) is 6.07. The molecule has 0 saturated heterocycles. The van der Waals surface area contributed by atoms with Crippen LogP contribution in [0.1, 0.15) is 35.2 Å². The van der Waals surface area contributed by atoms with Crippen LogP contribution in [0.15, 0.2) is 18.2 Å². The predicted octanol–water partition coefficient (Wildman–Crippen LogP) is 2.80. The number of carbonyl (C=O) groups excluding carboxylic acids is 1. The summed E-state index contributed by atoms with van der Waals surface area (Å²) in [7, 11) is 2.04. The molecule has 0 aliphatic heterocycles. The first-order chi connectivity index (χ1) is 8.08. The molecule has 0 atom stereocenters. The number of rotatable bonds is 5. The normalized spacial score (nSPS) is 15.3. The SMILES string of the molecule is Cc1ccc(C(=O)CCN(C)C2CC2)cc1F. The summed E-state index contributed by atoms with van der Waals surface area (Å²) in [6, 6.07) is 5.37. The average Bonchev–Trinajstić information content (AvgIpc) is 3.13. The average molecular weight is 235 g/mol. The Labute approximate surface area is 101 Å². The van der Waals surface area contributed by atoms with Crippen molar-refractivity contribution >= 4 is 5.78 Å². The van der Waals surface area contributed by atoms with Crippen molar-refractivity contribution in [1.82, 2.24) is 4.90 Å². The number of ketones is 1. The van der Waals surface area contributed by atoms with Gasteiger partial charge >= 0.3 is 0 Å². The molecule has 0 radical (unpaired) electrons. The molecule has 1 aliphatic rings. The van der Waals surface area contributed by atoms with Gasteiger partial charge in [0.15, 0.2) is 5.78 Å². The molecule has 2 rings (SSSR count). The molecule has 0 aromatic heterocycles. The summed E-state index contributed by atoms with van der Waals surface area (Å²) >= 11 is 0. The summed E-state index contributed by atoms with van der Waals surface area (Å²) in [4.78, 5) is 14.1. The second-order valence-corrected chi connectivity index (χ2v) is 4.85. The van der Waals surface area contributed by atoms with Crippen molar-refractivity contribution in [2.24, 2.45) is 0 Å². The molecule has 1 fully saturated rings. The molecule has 0 bridgehead atoms. The van der Waals surface area contributed by atoms with Crippen molar-refractivity contribution in [1.29, 1.82) is 0 Å². The lowest BCUT2D eigenvalue weighted by Gasteiger charge is -2.14. The van der Waals surface area contributed by atoms with Crippen molar-refractivity contribution < 1.29 is 9.18 Å². The Morgan fingerprint density at radius 2 is 2.18 bits per heavy atom. The molecule has 1 aromatic carbocycles. The van der Waals surface area contributed by atoms with Crippen molar-refractivity contribution in [3.63, 3.8) is 0 Å². The number of hydrogen-bond donors (Lipinski definition) is 0. The number of hydrogen-bond acceptors (Lipinski definition) is 2. The maximum atomic E-state index is 13.3. The van der Waals surface area contributed by atoms with E-state index in [1.807, 2.05) is 7.05 Å². The third kappa shape index (κ3) is 3.13. The molecule has 0 amide bonds. The Morgan fingerprint density at radius 1 is 1.47 bits per heavy atom. The summed E-state index contributed by atoms with van der Waals surface area (Å²) in [5, 5.41) is 0. The van der Waals surface area contributed by atoms with Crippen molar-refractivity contribution in [3.8, 4) is 0 Å². The molecule has 0 unspecified atom stereocenters. The van der Waals surface area contributed by atoms with Crippen molar-refractivity contribution in [2.75, 3.05) is 13.6 Å². The van der Waals surface area contributed by atoms with Crippen LogP contribution in [0.5, 0.6) is 0 Å². The number of carbonyl (C=O) groups is 1. The van der Waals surface area contributed by atoms with E-state index in [0.29, 0.717) is 23.6 Å². The van der Waals surface area contributed by atoms with E-state index >= 15 is 0 Å². The predicted molar refractivity (Wildman–Crippen MR) is 65.7 cm³/mol. The third-order valence-electron chi connectivity index (χ3n) is 3.36. The van der Waals surface area contributed by atoms with E-state index in [1.54, 1.807) is 19.1 Å². The van der Waals surface area contributed by atoms with Crippen LogP contribution in [-0.4, -0.2) is 30.3 Å². The Bertz CT molecular complexity index is 426. The topological polar surface area (TPSA) is 20.3 Å². The Balaban J connectivity index is 1.92. The molecule has 2 nitrogen and oxygen atoms in total. The largest absolute Gasteiger partial charge is 0.303 e. The van der Waals surface area contributed by atoms with E-state index in [9.17, 15) is 9.18 Å². The fourth-order valence-corrected chi connectivity index (χ4v) is 1.89. The summed E-state index contributed by atoms with van der Waals surface area (Å²) in [6.45, 7) is 2.46. The van der Waals surface area contributed by atoms with Crippen LogP contribution in [0.25, 0.3) is 0 Å². The molecule has 0 N–H and O–H groups in total. The van der Waals surface area contributed by atoms with Gasteiger partial charge in [0.1, 0.15) is 5.82 Å². The standard InChI is InChI=1S/C14H18FNO/c1-10-3-4-11(9-13(10)15)14(17)7-8-16(2)12-5-6-12/h3-4,9,12H,5-8H2,1-2H3. The second kappa shape index (κ2) is 4.96. The van der Waals surface area contributed by atoms with Crippen LogP contribution in [0, 0.1) is 12.7 Å². The minimum atomic E-state index is -0.300. The van der Waals surface area contributed by atoms with Gasteiger partial charge < -0.3 is 4.90 Å². The van der Waals surface area contributed by atoms with Gasteiger partial charge in [-0.1, -0.05) is 12.1 Å². The van der Waals surface area contributed by atoms with Gasteiger partial charge in [0.2, 0.25) is 0 Å². The van der Waals surface area contributed by atoms with Crippen molar-refractivity contribution in [2.45, 2.75) is 32.2 Å². The highest BCUT2D eigenvalue weighted by Gasteiger charge is 2.26. The third-order valence-corrected chi connectivity index (χ3v) is 3.36. The Morgan fingerprint density at radius 3 is 2.76 bits per heavy atom. The lowest BCUT2D eigenvalue weighted by molar-refractivity contribution is 0.0967. The highest BCUT2D eigenvalue weighted by atomic mass is 19.1. The van der Waals surface area contributed by atoms with E-state index in [1.165, 1.54) is 18.9 Å². The van der Waals surface area contributed by atoms with Crippen LogP contribution < -0.4 is 0 Å². The van der Waals surface area contributed by atoms with Crippen LogP contribution in [0.2, 0.25) is 0 Å². The number of aryl methyl sites for hydroxylation is 1. The van der Waals surface area contributed by atoms with E-state index in [4.69, 9.17) is 0 Å². The van der Waals surface area contributed by atoms with Crippen LogP contribution in [0.3, 0.4) is 0 Å². The molecule has 17 heavy (non-hydrogen) atoms. The maximum absolute atomic E-state index is 13.3. The smallest absolute Gasteiger partial charge is 0.164 e. The van der Waals surface area contributed by atoms with E-state index in [0.717, 1.165) is 6.54 Å². The molecule has 0 heterocycles. The first kappa shape index (κ1) is 12.2. The molecule has 3 heteroatoms. The fraction of sp³-hybridized carbons (Fsp3) is 0.500. The van der Waals surface area contributed by atoms with Gasteiger partial charge in [0.05, 0.1) is 0 Å². The molecule has 92 valence electrons. The van der Waals surface area contributed by atoms with Gasteiger partial charge in [-0.25, -0.2) is 4.39 Å². The molecular formula is C14H18FNO. The minimum Gasteiger partial charge on any atom is -0.303 e. The van der Waals surface area contributed by atoms with E-state index in [2.05, 4.69) is 4.90 Å². The van der Waals surface area contributed by atoms with Crippen LogP contribution >= 0.6 is 0 Å². The van der Waals surface area contributed by atoms with Gasteiger partial charge in [-0.3, -0.25) is 4.79 Å². The summed E-state index contributed by atoms with van der Waals surface area (Å²) in [6.07, 6.45) is 2.95. The lowest BCUT2D eigenvalue weighted by atomic mass is 10.1. The lowest BCUT2D eigenvalue weighted by Crippen LogP contribution is -2.23.